The van der Waals surface area contributed by atoms with Crippen LogP contribution in [0.4, 0.5) is 4.39 Å². The third-order valence-electron chi connectivity index (χ3n) is 7.29. The van der Waals surface area contributed by atoms with Crippen molar-refractivity contribution in [2.24, 2.45) is 11.7 Å². The Morgan fingerprint density at radius 1 is 1.04 bits per heavy atom. The quantitative estimate of drug-likeness (QED) is 0.189. The Labute approximate surface area is 261 Å². The number of aliphatic hydroxyl groups excluding tert-OH is 1. The molecule has 11 nitrogen and oxygen atoms in total. The third-order valence-corrected chi connectivity index (χ3v) is 7.29. The van der Waals surface area contributed by atoms with Gasteiger partial charge in [0.15, 0.2) is 0 Å². The van der Waals surface area contributed by atoms with Crippen LogP contribution in [-0.4, -0.2) is 63.2 Å². The Balaban J connectivity index is 1.67. The van der Waals surface area contributed by atoms with E-state index in [9.17, 15) is 28.7 Å². The van der Waals surface area contributed by atoms with Crippen LogP contribution in [0.3, 0.4) is 0 Å². The maximum atomic E-state index is 14.0. The van der Waals surface area contributed by atoms with Crippen LogP contribution in [0.15, 0.2) is 54.7 Å². The van der Waals surface area contributed by atoms with Gasteiger partial charge in [-0.25, -0.2) is 9.37 Å². The van der Waals surface area contributed by atoms with Gasteiger partial charge in [0.1, 0.15) is 17.1 Å². The number of benzene rings is 2. The number of aromatic nitrogens is 2. The zero-order valence-corrected chi connectivity index (χ0v) is 25.8. The van der Waals surface area contributed by atoms with Crippen molar-refractivity contribution < 1.29 is 38.1 Å². The number of carbonyl (C=O) groups is 4. The number of amides is 2. The summed E-state index contributed by atoms with van der Waals surface area (Å²) in [5.41, 5.74) is 6.42. The number of hydrogen-bond acceptors (Lipinski definition) is 9. The number of para-hydroxylation sites is 2. The molecule has 0 unspecified atom stereocenters. The third kappa shape index (κ3) is 11.5. The van der Waals surface area contributed by atoms with Crippen LogP contribution in [0.5, 0.6) is 0 Å². The van der Waals surface area contributed by atoms with Gasteiger partial charge in [0.25, 0.3) is 5.91 Å². The van der Waals surface area contributed by atoms with Crippen molar-refractivity contribution in [2.75, 3.05) is 6.61 Å². The lowest BCUT2D eigenvalue weighted by molar-refractivity contribution is -0.157. The Morgan fingerprint density at radius 3 is 2.44 bits per heavy atom. The second-order valence-electron chi connectivity index (χ2n) is 11.5. The second-order valence-corrected chi connectivity index (χ2v) is 11.5. The number of halogens is 1. The van der Waals surface area contributed by atoms with Crippen molar-refractivity contribution >= 4 is 34.8 Å². The van der Waals surface area contributed by atoms with Crippen molar-refractivity contribution in [3.05, 3.63) is 71.8 Å². The molecule has 0 radical (unpaired) electrons. The Hall–Kier alpha value is -4.45. The monoisotopic (exact) mass is 624 g/mol. The molecule has 45 heavy (non-hydrogen) atoms. The highest BCUT2D eigenvalue weighted by Crippen LogP contribution is 2.25. The zero-order valence-electron chi connectivity index (χ0n) is 25.8. The predicted molar refractivity (Wildman–Crippen MR) is 164 cm³/mol. The second kappa shape index (κ2) is 16.6. The van der Waals surface area contributed by atoms with E-state index in [-0.39, 0.29) is 63.2 Å². The van der Waals surface area contributed by atoms with E-state index in [4.69, 9.17) is 15.2 Å². The van der Waals surface area contributed by atoms with Crippen molar-refractivity contribution in [1.29, 1.82) is 0 Å². The fourth-order valence-electron chi connectivity index (χ4n) is 4.88. The van der Waals surface area contributed by atoms with E-state index >= 15 is 0 Å². The lowest BCUT2D eigenvalue weighted by Gasteiger charge is -2.29. The van der Waals surface area contributed by atoms with E-state index in [0.717, 1.165) is 0 Å². The van der Waals surface area contributed by atoms with Crippen LogP contribution in [0.1, 0.15) is 75.3 Å². The molecule has 0 aliphatic carbocycles. The lowest BCUT2D eigenvalue weighted by Crippen LogP contribution is -2.46. The van der Waals surface area contributed by atoms with Crippen LogP contribution < -0.4 is 11.1 Å². The number of nitrogens with zero attached hydrogens (tertiary/aromatic N) is 2. The zero-order chi connectivity index (χ0) is 33.0. The fraction of sp³-hybridized carbons (Fsp3) is 0.455. The average Bonchev–Trinajstić information content (AvgIpc) is 2.98. The number of carbonyl (C=O) groups excluding carboxylic acids is 4. The first-order valence-electron chi connectivity index (χ1n) is 15.0. The normalized spacial score (nSPS) is 13.4. The smallest absolute Gasteiger partial charge is 0.306 e. The summed E-state index contributed by atoms with van der Waals surface area (Å²) in [6.07, 6.45) is 0.889. The van der Waals surface area contributed by atoms with Crippen LogP contribution in [-0.2, 0) is 30.3 Å². The van der Waals surface area contributed by atoms with E-state index in [2.05, 4.69) is 15.3 Å². The Kier molecular flexibility index (Phi) is 12.9. The molecule has 1 heterocycles. The maximum absolute atomic E-state index is 14.0. The summed E-state index contributed by atoms with van der Waals surface area (Å²) in [4.78, 5) is 58.1. The molecule has 242 valence electrons. The van der Waals surface area contributed by atoms with Gasteiger partial charge in [0, 0.05) is 18.8 Å². The van der Waals surface area contributed by atoms with Gasteiger partial charge in [-0.15, -0.1) is 0 Å². The summed E-state index contributed by atoms with van der Waals surface area (Å²) in [6, 6.07) is 11.9. The number of rotatable bonds is 17. The molecule has 1 aromatic heterocycles. The molecule has 0 spiro atoms. The van der Waals surface area contributed by atoms with E-state index in [1.54, 1.807) is 51.1 Å². The predicted octanol–water partition coefficient (Wildman–Crippen LogP) is 3.80. The molecule has 0 aliphatic rings. The van der Waals surface area contributed by atoms with Crippen molar-refractivity contribution in [2.45, 2.75) is 83.5 Å². The summed E-state index contributed by atoms with van der Waals surface area (Å²) < 4.78 is 24.4. The van der Waals surface area contributed by atoms with Gasteiger partial charge in [0.2, 0.25) is 5.91 Å². The van der Waals surface area contributed by atoms with Gasteiger partial charge < -0.3 is 25.6 Å². The van der Waals surface area contributed by atoms with Gasteiger partial charge in [-0.3, -0.25) is 24.2 Å². The summed E-state index contributed by atoms with van der Waals surface area (Å²) in [5.74, 6) is -3.43. The summed E-state index contributed by atoms with van der Waals surface area (Å²) >= 11 is 0. The highest BCUT2D eigenvalue weighted by atomic mass is 19.1. The number of nitrogens with one attached hydrogen (secondary N) is 1. The minimum Gasteiger partial charge on any atom is -0.466 e. The first-order chi connectivity index (χ1) is 21.4. The molecule has 0 saturated heterocycles. The average molecular weight is 625 g/mol. The first-order valence-corrected chi connectivity index (χ1v) is 15.0. The summed E-state index contributed by atoms with van der Waals surface area (Å²) in [5, 5.41) is 14.1. The van der Waals surface area contributed by atoms with E-state index in [1.807, 2.05) is 0 Å². The van der Waals surface area contributed by atoms with Gasteiger partial charge >= 0.3 is 11.9 Å². The SMILES string of the molecule is CCOC(=O)CCCC(=O)OC(C)(C)CC[C@H](C[C@H](O)[C@H](Cc1cccc(F)c1)NC(=O)c1cnc2ccccc2n1)C(N)=O. The highest BCUT2D eigenvalue weighted by Gasteiger charge is 2.31. The molecular weight excluding hydrogens is 583 g/mol. The van der Waals surface area contributed by atoms with E-state index in [1.165, 1.54) is 24.4 Å². The van der Waals surface area contributed by atoms with Gasteiger partial charge in [-0.05, 0) is 82.7 Å². The molecule has 0 saturated carbocycles. The minimum atomic E-state index is -1.25. The molecule has 3 atom stereocenters. The molecule has 0 bridgehead atoms. The van der Waals surface area contributed by atoms with Crippen LogP contribution in [0.2, 0.25) is 0 Å². The lowest BCUT2D eigenvalue weighted by atomic mass is 9.87. The van der Waals surface area contributed by atoms with Crippen LogP contribution >= 0.6 is 0 Å². The van der Waals surface area contributed by atoms with Crippen molar-refractivity contribution in [1.82, 2.24) is 15.3 Å². The Morgan fingerprint density at radius 2 is 1.76 bits per heavy atom. The largest absolute Gasteiger partial charge is 0.466 e. The standard InChI is InChI=1S/C33H41FN4O7/c1-4-44-29(40)13-8-14-30(41)45-33(2,3)16-15-22(31(35)42)19-28(39)26(18-21-9-7-10-23(34)17-21)38-32(43)27-20-36-24-11-5-6-12-25(24)37-27/h5-7,9-12,17,20,22,26,28,39H,4,8,13-16,18-19H2,1-3H3,(H2,35,42)(H,38,43)/t22-,26+,28+/m1/s1. The van der Waals surface area contributed by atoms with E-state index < -0.39 is 47.3 Å². The molecule has 4 N–H and O–H groups in total. The number of primary amides is 1. The Bertz CT molecular complexity index is 1480. The number of aliphatic hydroxyl groups is 1. The van der Waals surface area contributed by atoms with Gasteiger partial charge in [0.05, 0.1) is 36.0 Å². The molecule has 0 fully saturated rings. The number of ether oxygens (including phenoxy) is 2. The molecule has 0 aliphatic heterocycles. The highest BCUT2D eigenvalue weighted by molar-refractivity contribution is 5.94. The summed E-state index contributed by atoms with van der Waals surface area (Å²) in [6.45, 7) is 5.36. The van der Waals surface area contributed by atoms with Crippen molar-refractivity contribution in [3.8, 4) is 0 Å². The molecule has 2 aromatic carbocycles. The van der Waals surface area contributed by atoms with Crippen LogP contribution in [0.25, 0.3) is 11.0 Å². The molecular formula is C33H41FN4O7. The molecule has 2 amide bonds. The van der Waals surface area contributed by atoms with Gasteiger partial charge in [-0.2, -0.15) is 0 Å². The summed E-state index contributed by atoms with van der Waals surface area (Å²) in [7, 11) is 0. The van der Waals surface area contributed by atoms with E-state index in [0.29, 0.717) is 16.6 Å². The fourth-order valence-corrected chi connectivity index (χ4v) is 4.88. The van der Waals surface area contributed by atoms with Crippen molar-refractivity contribution in [3.63, 3.8) is 0 Å². The number of hydrogen-bond donors (Lipinski definition) is 3. The van der Waals surface area contributed by atoms with Gasteiger partial charge in [-0.1, -0.05) is 24.3 Å². The maximum Gasteiger partial charge on any atom is 0.306 e. The number of esters is 2. The topological polar surface area (TPSA) is 171 Å². The molecule has 3 rings (SSSR count). The molecule has 3 aromatic rings. The number of fused-ring (bicyclic) bond motifs is 1. The number of nitrogens with two attached hydrogens (primary N) is 1. The molecule has 12 heteroatoms. The minimum absolute atomic E-state index is 0.0300. The first kappa shape index (κ1) is 35.0. The van der Waals surface area contributed by atoms with Crippen LogP contribution in [0, 0.1) is 11.7 Å².